The molecule has 0 bridgehead atoms. The van der Waals surface area contributed by atoms with E-state index in [-0.39, 0.29) is 29.6 Å². The third kappa shape index (κ3) is 4.24. The first-order valence-corrected chi connectivity index (χ1v) is 7.01. The van der Waals surface area contributed by atoms with Crippen molar-refractivity contribution < 1.29 is 9.90 Å². The van der Waals surface area contributed by atoms with Crippen LogP contribution in [0.5, 0.6) is 0 Å². The third-order valence-corrected chi connectivity index (χ3v) is 3.90. The molecule has 0 saturated heterocycles. The molecule has 5 heteroatoms. The summed E-state index contributed by atoms with van der Waals surface area (Å²) in [5.74, 6) is -1.05. The molecule has 0 amide bonds. The van der Waals surface area contributed by atoms with Crippen LogP contribution in [0.1, 0.15) is 33.9 Å². The Morgan fingerprint density at radius 3 is 2.27 bits per heavy atom. The van der Waals surface area contributed by atoms with E-state index in [1.54, 1.807) is 12.1 Å². The first kappa shape index (κ1) is 19.0. The molecular weight excluding hydrogens is 305 g/mol. The molecule has 3 N–H and O–H groups in total. The number of carbonyl (C=O) groups is 1. The molecule has 22 heavy (non-hydrogen) atoms. The molecule has 0 aliphatic rings. The van der Waals surface area contributed by atoms with Crippen LogP contribution in [0.25, 0.3) is 0 Å². The molecule has 3 nitrogen and oxygen atoms in total. The summed E-state index contributed by atoms with van der Waals surface area (Å²) in [4.78, 5) is 11.7. The second kappa shape index (κ2) is 7.99. The maximum atomic E-state index is 11.0. The topological polar surface area (TPSA) is 63.3 Å². The van der Waals surface area contributed by atoms with Gasteiger partial charge in [-0.25, -0.2) is 0 Å². The summed E-state index contributed by atoms with van der Waals surface area (Å²) in [6, 6.07) is 12.3. The van der Waals surface area contributed by atoms with Crippen molar-refractivity contribution in [2.75, 3.05) is 0 Å². The second-order valence-electron chi connectivity index (χ2n) is 5.09. The summed E-state index contributed by atoms with van der Waals surface area (Å²) in [7, 11) is 0. The Bertz CT molecular complexity index is 698. The number of nitrogens with two attached hydrogens (primary N) is 1. The molecule has 0 radical (unpaired) electrons. The summed E-state index contributed by atoms with van der Waals surface area (Å²) in [5, 5.41) is 9.02. The number of carboxylic acids is 1. The first-order valence-electron chi connectivity index (χ1n) is 6.60. The van der Waals surface area contributed by atoms with Gasteiger partial charge in [0.15, 0.2) is 0 Å². The van der Waals surface area contributed by atoms with E-state index >= 15 is 0 Å². The molecule has 0 saturated carbocycles. The zero-order valence-electron chi connectivity index (χ0n) is 12.0. The SMILES string of the molecule is Cc1ccc(C(=S)c2cc(C(N)C(=O)O)ccc2C)cc1.[NaH]. The number of hydrogen-bond acceptors (Lipinski definition) is 3. The van der Waals surface area contributed by atoms with Gasteiger partial charge in [-0.15, -0.1) is 0 Å². The van der Waals surface area contributed by atoms with E-state index in [4.69, 9.17) is 23.1 Å². The number of carboxylic acid groups (broad SMARTS) is 1. The summed E-state index contributed by atoms with van der Waals surface area (Å²) >= 11 is 5.54. The van der Waals surface area contributed by atoms with Crippen molar-refractivity contribution in [3.63, 3.8) is 0 Å². The molecule has 2 aromatic rings. The molecule has 0 aromatic heterocycles. The normalized spacial score (nSPS) is 11.4. The van der Waals surface area contributed by atoms with Gasteiger partial charge >= 0.3 is 35.5 Å². The van der Waals surface area contributed by atoms with Crippen molar-refractivity contribution in [3.05, 3.63) is 70.3 Å². The fourth-order valence-electron chi connectivity index (χ4n) is 2.08. The Kier molecular flexibility index (Phi) is 6.91. The van der Waals surface area contributed by atoms with Crippen LogP contribution in [0, 0.1) is 13.8 Å². The van der Waals surface area contributed by atoms with E-state index in [1.165, 1.54) is 5.56 Å². The van der Waals surface area contributed by atoms with Crippen LogP contribution in [0.2, 0.25) is 0 Å². The minimum atomic E-state index is -1.05. The number of thiocarbonyl (C=S) groups is 1. The molecule has 2 rings (SSSR count). The Labute approximate surface area is 157 Å². The predicted octanol–water partition coefficient (Wildman–Crippen LogP) is 2.51. The zero-order chi connectivity index (χ0) is 15.6. The zero-order valence-corrected chi connectivity index (χ0v) is 12.8. The summed E-state index contributed by atoms with van der Waals surface area (Å²) in [5.41, 5.74) is 10.2. The predicted molar refractivity (Wildman–Crippen MR) is 94.9 cm³/mol. The summed E-state index contributed by atoms with van der Waals surface area (Å²) < 4.78 is 0. The van der Waals surface area contributed by atoms with E-state index in [1.807, 2.05) is 44.2 Å². The van der Waals surface area contributed by atoms with Gasteiger partial charge in [0.2, 0.25) is 0 Å². The minimum absolute atomic E-state index is 0. The molecule has 2 aromatic carbocycles. The first-order chi connectivity index (χ1) is 9.90. The van der Waals surface area contributed by atoms with Crippen molar-refractivity contribution in [3.8, 4) is 0 Å². The molecule has 1 atom stereocenters. The van der Waals surface area contributed by atoms with Gasteiger partial charge in [0, 0.05) is 0 Å². The molecule has 0 spiro atoms. The number of aryl methyl sites for hydroxylation is 2. The molecule has 0 aliphatic heterocycles. The van der Waals surface area contributed by atoms with Gasteiger partial charge in [-0.2, -0.15) is 0 Å². The third-order valence-electron chi connectivity index (χ3n) is 3.45. The van der Waals surface area contributed by atoms with E-state index in [2.05, 4.69) is 0 Å². The van der Waals surface area contributed by atoms with Crippen molar-refractivity contribution in [2.45, 2.75) is 19.9 Å². The van der Waals surface area contributed by atoms with Crippen molar-refractivity contribution >= 4 is 52.6 Å². The monoisotopic (exact) mass is 323 g/mol. The van der Waals surface area contributed by atoms with Gasteiger partial charge < -0.3 is 10.8 Å². The molecule has 1 unspecified atom stereocenters. The Morgan fingerprint density at radius 1 is 1.14 bits per heavy atom. The fraction of sp³-hybridized carbons (Fsp3) is 0.176. The number of rotatable bonds is 4. The fourth-order valence-corrected chi connectivity index (χ4v) is 2.44. The number of benzene rings is 2. The van der Waals surface area contributed by atoms with Crippen LogP contribution >= 0.6 is 12.2 Å². The van der Waals surface area contributed by atoms with E-state index in [9.17, 15) is 4.79 Å². The molecular formula is C17H18NNaO2S. The van der Waals surface area contributed by atoms with Crippen LogP contribution in [0.15, 0.2) is 42.5 Å². The van der Waals surface area contributed by atoms with E-state index in [0.717, 1.165) is 16.7 Å². The Morgan fingerprint density at radius 2 is 1.73 bits per heavy atom. The summed E-state index contributed by atoms with van der Waals surface area (Å²) in [6.07, 6.45) is 0. The quantitative estimate of drug-likeness (QED) is 0.515. The van der Waals surface area contributed by atoms with Crippen LogP contribution < -0.4 is 5.73 Å². The van der Waals surface area contributed by atoms with Gasteiger partial charge in [0.1, 0.15) is 6.04 Å². The molecule has 0 aliphatic carbocycles. The van der Waals surface area contributed by atoms with E-state index < -0.39 is 12.0 Å². The van der Waals surface area contributed by atoms with Gasteiger partial charge in [0.05, 0.1) is 4.86 Å². The van der Waals surface area contributed by atoms with E-state index in [0.29, 0.717) is 10.4 Å². The second-order valence-corrected chi connectivity index (χ2v) is 5.49. The maximum absolute atomic E-state index is 11.0. The van der Waals surface area contributed by atoms with Crippen LogP contribution in [0.4, 0.5) is 0 Å². The van der Waals surface area contributed by atoms with Gasteiger partial charge in [-0.3, -0.25) is 4.79 Å². The standard InChI is InChI=1S/C17H17NO2S.Na.H/c1-10-3-6-12(7-4-10)16(21)14-9-13(8-5-11(14)2)15(18)17(19)20;;/h3-9,15H,18H2,1-2H3,(H,19,20);;. The summed E-state index contributed by atoms with van der Waals surface area (Å²) in [6.45, 7) is 3.97. The van der Waals surface area contributed by atoms with Gasteiger partial charge in [-0.05, 0) is 42.2 Å². The number of aliphatic carboxylic acids is 1. The molecule has 0 fully saturated rings. The molecule has 110 valence electrons. The Hall–Kier alpha value is -1.04. The Balaban J connectivity index is 0.00000242. The van der Waals surface area contributed by atoms with Crippen molar-refractivity contribution in [2.24, 2.45) is 5.73 Å². The van der Waals surface area contributed by atoms with Gasteiger partial charge in [0.25, 0.3) is 0 Å². The average molecular weight is 323 g/mol. The van der Waals surface area contributed by atoms with Crippen LogP contribution in [0.3, 0.4) is 0 Å². The molecule has 0 heterocycles. The van der Waals surface area contributed by atoms with Crippen LogP contribution in [-0.4, -0.2) is 45.5 Å². The van der Waals surface area contributed by atoms with Crippen LogP contribution in [-0.2, 0) is 4.79 Å². The average Bonchev–Trinajstić information content (AvgIpc) is 2.47. The van der Waals surface area contributed by atoms with Gasteiger partial charge in [-0.1, -0.05) is 54.2 Å². The number of hydrogen-bond donors (Lipinski definition) is 2. The van der Waals surface area contributed by atoms with Crippen molar-refractivity contribution in [1.82, 2.24) is 0 Å². The van der Waals surface area contributed by atoms with Crippen molar-refractivity contribution in [1.29, 1.82) is 0 Å².